The quantitative estimate of drug-likeness (QED) is 0.820. The van der Waals surface area contributed by atoms with Crippen LogP contribution >= 0.6 is 0 Å². The van der Waals surface area contributed by atoms with Crippen LogP contribution in [0.1, 0.15) is 5.82 Å². The Morgan fingerprint density at radius 1 is 0.913 bits per heavy atom. The molecular weight excluding hydrogens is 316 g/mol. The van der Waals surface area contributed by atoms with Gasteiger partial charge in [0, 0.05) is 28.2 Å². The summed E-state index contributed by atoms with van der Waals surface area (Å²) in [6, 6.07) is 8.17. The van der Waals surface area contributed by atoms with Gasteiger partial charge in [0.15, 0.2) is 5.82 Å². The molecule has 0 aliphatic rings. The third-order valence-corrected chi connectivity index (χ3v) is 4.35. The van der Waals surface area contributed by atoms with Crippen LogP contribution in [-0.2, 0) is 16.6 Å². The molecule has 1 heterocycles. The molecule has 0 amide bonds. The van der Waals surface area contributed by atoms with E-state index in [2.05, 4.69) is 19.7 Å². The smallest absolute Gasteiger partial charge is 0.240 e. The minimum absolute atomic E-state index is 0.0125. The van der Waals surface area contributed by atoms with Crippen molar-refractivity contribution in [3.05, 3.63) is 36.2 Å². The van der Waals surface area contributed by atoms with Gasteiger partial charge in [0.25, 0.3) is 0 Å². The molecule has 0 unspecified atom stereocenters. The van der Waals surface area contributed by atoms with Crippen LogP contribution in [0.25, 0.3) is 0 Å². The molecule has 0 fully saturated rings. The van der Waals surface area contributed by atoms with Crippen LogP contribution in [0.4, 0.5) is 11.9 Å². The number of hydrogen-bond donors (Lipinski definition) is 1. The van der Waals surface area contributed by atoms with Crippen LogP contribution in [0.15, 0.2) is 35.2 Å². The molecule has 1 aromatic carbocycles. The first-order chi connectivity index (χ1) is 10.8. The average Bonchev–Trinajstić information content (AvgIpc) is 2.53. The van der Waals surface area contributed by atoms with Gasteiger partial charge < -0.3 is 9.80 Å². The summed E-state index contributed by atoms with van der Waals surface area (Å²) in [5.74, 6) is 1.29. The number of hydrogen-bond acceptors (Lipinski definition) is 7. The van der Waals surface area contributed by atoms with Gasteiger partial charge >= 0.3 is 0 Å². The highest BCUT2D eigenvalue weighted by atomic mass is 32.2. The van der Waals surface area contributed by atoms with Crippen molar-refractivity contribution < 1.29 is 8.42 Å². The molecular formula is C14H20N6O2S. The summed E-state index contributed by atoms with van der Waals surface area (Å²) < 4.78 is 27.0. The van der Waals surface area contributed by atoms with Gasteiger partial charge in [-0.15, -0.1) is 0 Å². The predicted octanol–water partition coefficient (Wildman–Crippen LogP) is 0.482. The number of nitrogens with zero attached hydrogens (tertiary/aromatic N) is 5. The van der Waals surface area contributed by atoms with Crippen molar-refractivity contribution in [1.29, 1.82) is 0 Å². The second kappa shape index (κ2) is 6.88. The lowest BCUT2D eigenvalue weighted by atomic mass is 10.4. The molecule has 0 atom stereocenters. The number of sulfonamides is 1. The minimum atomic E-state index is -3.60. The van der Waals surface area contributed by atoms with Crippen LogP contribution in [0.3, 0.4) is 0 Å². The van der Waals surface area contributed by atoms with Crippen LogP contribution < -0.4 is 14.5 Å². The van der Waals surface area contributed by atoms with Crippen molar-refractivity contribution >= 4 is 21.9 Å². The van der Waals surface area contributed by atoms with E-state index in [0.717, 1.165) is 0 Å². The molecule has 0 radical (unpaired) electrons. The highest BCUT2D eigenvalue weighted by Gasteiger charge is 2.15. The lowest BCUT2D eigenvalue weighted by Gasteiger charge is -2.16. The van der Waals surface area contributed by atoms with E-state index in [-0.39, 0.29) is 11.4 Å². The second-order valence-electron chi connectivity index (χ2n) is 5.28. The fourth-order valence-electron chi connectivity index (χ4n) is 1.72. The van der Waals surface area contributed by atoms with Crippen molar-refractivity contribution in [2.24, 2.45) is 0 Å². The van der Waals surface area contributed by atoms with E-state index in [1.54, 1.807) is 28.0 Å². The first-order valence-corrected chi connectivity index (χ1v) is 8.42. The third kappa shape index (κ3) is 4.36. The van der Waals surface area contributed by atoms with E-state index in [9.17, 15) is 8.42 Å². The monoisotopic (exact) mass is 336 g/mol. The van der Waals surface area contributed by atoms with E-state index in [4.69, 9.17) is 0 Å². The number of benzene rings is 1. The van der Waals surface area contributed by atoms with Crippen LogP contribution in [0, 0.1) is 0 Å². The SMILES string of the molecule is CN(C)c1nc(CNS(=O)(=O)c2ccccc2)nc(N(C)C)n1. The first-order valence-electron chi connectivity index (χ1n) is 6.94. The van der Waals surface area contributed by atoms with Crippen molar-refractivity contribution in [3.8, 4) is 0 Å². The maximum absolute atomic E-state index is 12.2. The van der Waals surface area contributed by atoms with Crippen LogP contribution in [0.5, 0.6) is 0 Å². The molecule has 0 saturated heterocycles. The molecule has 124 valence electrons. The Hall–Kier alpha value is -2.26. The largest absolute Gasteiger partial charge is 0.347 e. The maximum Gasteiger partial charge on any atom is 0.240 e. The third-order valence-electron chi connectivity index (χ3n) is 2.93. The summed E-state index contributed by atoms with van der Waals surface area (Å²) in [7, 11) is 3.65. The van der Waals surface area contributed by atoms with E-state index < -0.39 is 10.0 Å². The zero-order chi connectivity index (χ0) is 17.0. The van der Waals surface area contributed by atoms with Crippen LogP contribution in [0.2, 0.25) is 0 Å². The lowest BCUT2D eigenvalue weighted by Crippen LogP contribution is -2.26. The molecule has 2 rings (SSSR count). The Balaban J connectivity index is 2.23. The molecule has 8 nitrogen and oxygen atoms in total. The highest BCUT2D eigenvalue weighted by Crippen LogP contribution is 2.12. The molecule has 9 heteroatoms. The van der Waals surface area contributed by atoms with Gasteiger partial charge in [-0.05, 0) is 12.1 Å². The lowest BCUT2D eigenvalue weighted by molar-refractivity contribution is 0.579. The maximum atomic E-state index is 12.2. The Bertz CT molecular complexity index is 736. The molecule has 0 spiro atoms. The minimum Gasteiger partial charge on any atom is -0.347 e. The van der Waals surface area contributed by atoms with E-state index in [0.29, 0.717) is 17.7 Å². The van der Waals surface area contributed by atoms with Gasteiger partial charge in [-0.1, -0.05) is 18.2 Å². The van der Waals surface area contributed by atoms with E-state index in [1.807, 2.05) is 28.2 Å². The summed E-state index contributed by atoms with van der Waals surface area (Å²) in [4.78, 5) is 16.5. The average molecular weight is 336 g/mol. The normalized spacial score (nSPS) is 11.3. The van der Waals surface area contributed by atoms with E-state index in [1.165, 1.54) is 12.1 Å². The summed E-state index contributed by atoms with van der Waals surface area (Å²) in [5.41, 5.74) is 0. The molecule has 1 N–H and O–H groups in total. The van der Waals surface area contributed by atoms with Gasteiger partial charge in [0.05, 0.1) is 11.4 Å². The Morgan fingerprint density at radius 2 is 1.43 bits per heavy atom. The Kier molecular flexibility index (Phi) is 5.12. The highest BCUT2D eigenvalue weighted by molar-refractivity contribution is 7.89. The fraction of sp³-hybridized carbons (Fsp3) is 0.357. The van der Waals surface area contributed by atoms with Crippen molar-refractivity contribution in [1.82, 2.24) is 19.7 Å². The standard InChI is InChI=1S/C14H20N6O2S/c1-19(2)13-16-12(17-14(18-13)20(3)4)10-15-23(21,22)11-8-6-5-7-9-11/h5-9,15H,10H2,1-4H3. The van der Waals surface area contributed by atoms with Gasteiger partial charge in [0.2, 0.25) is 21.9 Å². The fourth-order valence-corrected chi connectivity index (χ4v) is 2.72. The number of aromatic nitrogens is 3. The molecule has 0 aliphatic heterocycles. The Labute approximate surface area is 136 Å². The van der Waals surface area contributed by atoms with Crippen molar-refractivity contribution in [2.75, 3.05) is 38.0 Å². The van der Waals surface area contributed by atoms with Gasteiger partial charge in [-0.2, -0.15) is 15.0 Å². The first kappa shape index (κ1) is 17.1. The van der Waals surface area contributed by atoms with Gasteiger partial charge in [-0.25, -0.2) is 13.1 Å². The summed E-state index contributed by atoms with van der Waals surface area (Å²) in [5, 5.41) is 0. The number of anilines is 2. The second-order valence-corrected chi connectivity index (χ2v) is 7.05. The molecule has 2 aromatic rings. The van der Waals surface area contributed by atoms with Gasteiger partial charge in [-0.3, -0.25) is 0 Å². The molecule has 1 aromatic heterocycles. The summed E-state index contributed by atoms with van der Waals surface area (Å²) in [6.07, 6.45) is 0. The summed E-state index contributed by atoms with van der Waals surface area (Å²) in [6.45, 7) is -0.0125. The zero-order valence-electron chi connectivity index (χ0n) is 13.6. The predicted molar refractivity (Wildman–Crippen MR) is 88.9 cm³/mol. The molecule has 23 heavy (non-hydrogen) atoms. The topological polar surface area (TPSA) is 91.3 Å². The van der Waals surface area contributed by atoms with Gasteiger partial charge in [0.1, 0.15) is 0 Å². The van der Waals surface area contributed by atoms with Crippen LogP contribution in [-0.4, -0.2) is 51.6 Å². The Morgan fingerprint density at radius 3 is 1.91 bits per heavy atom. The summed E-state index contributed by atoms with van der Waals surface area (Å²) >= 11 is 0. The molecule has 0 saturated carbocycles. The number of rotatable bonds is 6. The zero-order valence-corrected chi connectivity index (χ0v) is 14.4. The van der Waals surface area contributed by atoms with Crippen molar-refractivity contribution in [2.45, 2.75) is 11.4 Å². The van der Waals surface area contributed by atoms with E-state index >= 15 is 0 Å². The van der Waals surface area contributed by atoms with Crippen molar-refractivity contribution in [3.63, 3.8) is 0 Å². The molecule has 0 aliphatic carbocycles. The molecule has 0 bridgehead atoms. The number of nitrogens with one attached hydrogen (secondary N) is 1.